The van der Waals surface area contributed by atoms with Gasteiger partial charge in [0.1, 0.15) is 4.84 Å². The van der Waals surface area contributed by atoms with Crippen LogP contribution in [0.15, 0.2) is 24.3 Å². The zero-order chi connectivity index (χ0) is 9.14. The summed E-state index contributed by atoms with van der Waals surface area (Å²) < 4.78 is 0. The zero-order valence-corrected chi connectivity index (χ0v) is 7.64. The van der Waals surface area contributed by atoms with Crippen molar-refractivity contribution < 1.29 is 4.79 Å². The molecule has 12 heavy (non-hydrogen) atoms. The van der Waals surface area contributed by atoms with E-state index in [0.29, 0.717) is 11.1 Å². The third kappa shape index (κ3) is 1.90. The second kappa shape index (κ2) is 3.78. The van der Waals surface area contributed by atoms with Crippen LogP contribution in [0.1, 0.15) is 20.8 Å². The van der Waals surface area contributed by atoms with Crippen molar-refractivity contribution in [1.29, 1.82) is 0 Å². The Labute approximate surface area is 80.3 Å². The van der Waals surface area contributed by atoms with Gasteiger partial charge in [-0.25, -0.2) is 0 Å². The molecular formula is C8H7Cl2NO. The van der Waals surface area contributed by atoms with Crippen molar-refractivity contribution in [3.63, 3.8) is 0 Å². The number of halogens is 2. The maximum Gasteiger partial charge on any atom is 0.249 e. The van der Waals surface area contributed by atoms with E-state index < -0.39 is 10.7 Å². The number of alkyl halides is 2. The molecule has 1 amide bonds. The molecule has 0 atom stereocenters. The normalized spacial score (nSPS) is 10.2. The first-order chi connectivity index (χ1) is 5.63. The molecule has 1 aromatic rings. The molecule has 0 fully saturated rings. The number of carbonyl (C=O) groups is 1. The van der Waals surface area contributed by atoms with E-state index in [1.165, 1.54) is 0 Å². The van der Waals surface area contributed by atoms with Gasteiger partial charge in [-0.1, -0.05) is 18.2 Å². The van der Waals surface area contributed by atoms with E-state index in [1.54, 1.807) is 24.3 Å². The van der Waals surface area contributed by atoms with Crippen molar-refractivity contribution in [3.05, 3.63) is 35.4 Å². The summed E-state index contributed by atoms with van der Waals surface area (Å²) in [5, 5.41) is 0. The Morgan fingerprint density at radius 3 is 2.33 bits per heavy atom. The van der Waals surface area contributed by atoms with Crippen LogP contribution in [0.4, 0.5) is 0 Å². The molecule has 0 bridgehead atoms. The van der Waals surface area contributed by atoms with Crippen LogP contribution in [0.2, 0.25) is 0 Å². The molecule has 1 aromatic carbocycles. The number of nitrogens with two attached hydrogens (primary N) is 1. The lowest BCUT2D eigenvalue weighted by Crippen LogP contribution is -2.13. The van der Waals surface area contributed by atoms with Crippen LogP contribution in [0.25, 0.3) is 0 Å². The number of benzene rings is 1. The molecule has 0 radical (unpaired) electrons. The summed E-state index contributed by atoms with van der Waals surface area (Å²) in [6.45, 7) is 0. The molecule has 64 valence electrons. The highest BCUT2D eigenvalue weighted by atomic mass is 35.5. The minimum Gasteiger partial charge on any atom is -0.366 e. The second-order valence-corrected chi connectivity index (χ2v) is 3.35. The van der Waals surface area contributed by atoms with Gasteiger partial charge in [0.05, 0.1) is 0 Å². The lowest BCUT2D eigenvalue weighted by atomic mass is 10.1. The number of amides is 1. The van der Waals surface area contributed by atoms with Crippen molar-refractivity contribution in [2.24, 2.45) is 5.73 Å². The maximum atomic E-state index is 10.8. The van der Waals surface area contributed by atoms with E-state index in [4.69, 9.17) is 28.9 Å². The van der Waals surface area contributed by atoms with Gasteiger partial charge in [0.2, 0.25) is 5.91 Å². The molecule has 0 aliphatic rings. The first kappa shape index (κ1) is 9.36. The van der Waals surface area contributed by atoms with Gasteiger partial charge in [-0.3, -0.25) is 4.79 Å². The molecule has 0 aromatic heterocycles. The quantitative estimate of drug-likeness (QED) is 0.737. The van der Waals surface area contributed by atoms with E-state index >= 15 is 0 Å². The van der Waals surface area contributed by atoms with Crippen LogP contribution in [0.5, 0.6) is 0 Å². The fourth-order valence-corrected chi connectivity index (χ4v) is 1.29. The molecule has 0 aliphatic heterocycles. The van der Waals surface area contributed by atoms with Gasteiger partial charge in [-0.05, 0) is 11.6 Å². The van der Waals surface area contributed by atoms with Crippen molar-refractivity contribution in [3.8, 4) is 0 Å². The van der Waals surface area contributed by atoms with Crippen LogP contribution in [0, 0.1) is 0 Å². The maximum absolute atomic E-state index is 10.8. The molecule has 0 spiro atoms. The SMILES string of the molecule is NC(=O)c1ccccc1C(Cl)Cl. The molecule has 0 aliphatic carbocycles. The average molecular weight is 204 g/mol. The zero-order valence-electron chi connectivity index (χ0n) is 6.13. The molecule has 4 heteroatoms. The van der Waals surface area contributed by atoms with E-state index in [0.717, 1.165) is 0 Å². The van der Waals surface area contributed by atoms with Gasteiger partial charge in [0.15, 0.2) is 0 Å². The first-order valence-electron chi connectivity index (χ1n) is 3.30. The number of hydrogen-bond acceptors (Lipinski definition) is 1. The summed E-state index contributed by atoms with van der Waals surface area (Å²) in [5.41, 5.74) is 6.01. The number of hydrogen-bond donors (Lipinski definition) is 1. The van der Waals surface area contributed by atoms with Crippen molar-refractivity contribution in [1.82, 2.24) is 0 Å². The van der Waals surface area contributed by atoms with Crippen LogP contribution >= 0.6 is 23.2 Å². The molecule has 0 saturated heterocycles. The minimum atomic E-state index is -0.714. The minimum absolute atomic E-state index is 0.368. The first-order valence-corrected chi connectivity index (χ1v) is 4.17. The van der Waals surface area contributed by atoms with Gasteiger partial charge in [0.25, 0.3) is 0 Å². The van der Waals surface area contributed by atoms with Gasteiger partial charge < -0.3 is 5.73 Å². The number of rotatable bonds is 2. The van der Waals surface area contributed by atoms with Gasteiger partial charge in [-0.2, -0.15) is 0 Å². The molecule has 0 saturated carbocycles. The smallest absolute Gasteiger partial charge is 0.249 e. The average Bonchev–Trinajstić information content (AvgIpc) is 2.04. The number of carbonyl (C=O) groups excluding carboxylic acids is 1. The standard InChI is InChI=1S/C8H7Cl2NO/c9-7(10)5-3-1-2-4-6(5)8(11)12/h1-4,7H,(H2,11,12). The summed E-state index contributed by atoms with van der Waals surface area (Å²) in [6.07, 6.45) is 0. The Hall–Kier alpha value is -0.730. The monoisotopic (exact) mass is 203 g/mol. The van der Waals surface area contributed by atoms with E-state index in [2.05, 4.69) is 0 Å². The molecule has 2 N–H and O–H groups in total. The van der Waals surface area contributed by atoms with E-state index in [-0.39, 0.29) is 0 Å². The van der Waals surface area contributed by atoms with Crippen LogP contribution in [0.3, 0.4) is 0 Å². The van der Waals surface area contributed by atoms with E-state index in [9.17, 15) is 4.79 Å². The summed E-state index contributed by atoms with van der Waals surface area (Å²) in [6, 6.07) is 6.72. The second-order valence-electron chi connectivity index (χ2n) is 2.25. The third-order valence-electron chi connectivity index (χ3n) is 1.46. The molecule has 0 unspecified atom stereocenters. The Morgan fingerprint density at radius 1 is 1.33 bits per heavy atom. The summed E-state index contributed by atoms with van der Waals surface area (Å²) >= 11 is 11.2. The Morgan fingerprint density at radius 2 is 1.92 bits per heavy atom. The molecule has 0 heterocycles. The predicted octanol–water partition coefficient (Wildman–Crippen LogP) is 2.26. The third-order valence-corrected chi connectivity index (χ3v) is 1.93. The van der Waals surface area contributed by atoms with Crippen molar-refractivity contribution in [2.45, 2.75) is 4.84 Å². The summed E-state index contributed by atoms with van der Waals surface area (Å²) in [7, 11) is 0. The highest BCUT2D eigenvalue weighted by Gasteiger charge is 2.11. The van der Waals surface area contributed by atoms with Crippen LogP contribution in [-0.4, -0.2) is 5.91 Å². The Kier molecular flexibility index (Phi) is 2.95. The fraction of sp³-hybridized carbons (Fsp3) is 0.125. The lowest BCUT2D eigenvalue weighted by Gasteiger charge is -2.05. The lowest BCUT2D eigenvalue weighted by molar-refractivity contribution is 0.0999. The van der Waals surface area contributed by atoms with Gasteiger partial charge in [0, 0.05) is 5.56 Å². The van der Waals surface area contributed by atoms with Crippen molar-refractivity contribution in [2.75, 3.05) is 0 Å². The van der Waals surface area contributed by atoms with Gasteiger partial charge in [-0.15, -0.1) is 23.2 Å². The van der Waals surface area contributed by atoms with Crippen molar-refractivity contribution >= 4 is 29.1 Å². The fourth-order valence-electron chi connectivity index (χ4n) is 0.912. The highest BCUT2D eigenvalue weighted by molar-refractivity contribution is 6.44. The molecular weight excluding hydrogens is 197 g/mol. The number of primary amides is 1. The van der Waals surface area contributed by atoms with Crippen LogP contribution in [-0.2, 0) is 0 Å². The summed E-state index contributed by atoms with van der Waals surface area (Å²) in [4.78, 5) is 10.1. The molecule has 2 nitrogen and oxygen atoms in total. The molecule has 1 rings (SSSR count). The topological polar surface area (TPSA) is 43.1 Å². The predicted molar refractivity (Wildman–Crippen MR) is 49.4 cm³/mol. The summed E-state index contributed by atoms with van der Waals surface area (Å²) in [5.74, 6) is -0.517. The van der Waals surface area contributed by atoms with Gasteiger partial charge >= 0.3 is 0 Å². The highest BCUT2D eigenvalue weighted by Crippen LogP contribution is 2.27. The Bertz CT molecular complexity index is 299. The van der Waals surface area contributed by atoms with E-state index in [1.807, 2.05) is 0 Å². The Balaban J connectivity index is 3.17. The van der Waals surface area contributed by atoms with Crippen LogP contribution < -0.4 is 5.73 Å². The largest absolute Gasteiger partial charge is 0.366 e.